The molecule has 2 atom stereocenters. The van der Waals surface area contributed by atoms with Crippen LogP contribution in [0, 0.1) is 0 Å². The molecule has 23 heavy (non-hydrogen) atoms. The van der Waals surface area contributed by atoms with Gasteiger partial charge in [-0.05, 0) is 26.0 Å². The second kappa shape index (κ2) is 7.00. The van der Waals surface area contributed by atoms with Gasteiger partial charge in [0.25, 0.3) is 0 Å². The Labute approximate surface area is 142 Å². The third-order valence-corrected chi connectivity index (χ3v) is 5.62. The first-order chi connectivity index (χ1) is 10.5. The molecule has 0 radical (unpaired) electrons. The quantitative estimate of drug-likeness (QED) is 0.910. The summed E-state index contributed by atoms with van der Waals surface area (Å²) < 4.78 is 32.7. The van der Waals surface area contributed by atoms with Crippen LogP contribution in [0.25, 0.3) is 11.3 Å². The largest absolute Gasteiger partial charge is 0.356 e. The lowest BCUT2D eigenvalue weighted by atomic mass is 10.2. The lowest BCUT2D eigenvalue weighted by Gasteiger charge is -2.35. The molecule has 2 aromatic rings. The van der Waals surface area contributed by atoms with Crippen molar-refractivity contribution in [2.75, 3.05) is 13.1 Å². The van der Waals surface area contributed by atoms with E-state index in [0.717, 1.165) is 0 Å². The van der Waals surface area contributed by atoms with Crippen LogP contribution in [0.2, 0.25) is 0 Å². The van der Waals surface area contributed by atoms with Gasteiger partial charge in [-0.15, -0.1) is 12.4 Å². The Balaban J connectivity index is 0.00000192. The molecule has 1 fully saturated rings. The highest BCUT2D eigenvalue weighted by atomic mass is 35.5. The van der Waals surface area contributed by atoms with E-state index in [4.69, 9.17) is 4.52 Å². The van der Waals surface area contributed by atoms with Gasteiger partial charge >= 0.3 is 0 Å². The minimum absolute atomic E-state index is 0. The predicted octanol–water partition coefficient (Wildman–Crippen LogP) is 2.13. The maximum absolute atomic E-state index is 13.0. The Morgan fingerprint density at radius 1 is 1.17 bits per heavy atom. The molecule has 3 rings (SSSR count). The van der Waals surface area contributed by atoms with Crippen LogP contribution in [-0.4, -0.2) is 43.1 Å². The molecule has 6 nitrogen and oxygen atoms in total. The van der Waals surface area contributed by atoms with Gasteiger partial charge in [-0.25, -0.2) is 8.42 Å². The highest BCUT2D eigenvalue weighted by Crippen LogP contribution is 2.29. The fourth-order valence-electron chi connectivity index (χ4n) is 2.86. The first-order valence-electron chi connectivity index (χ1n) is 7.25. The normalized spacial score (nSPS) is 22.5. The molecule has 1 saturated heterocycles. The summed E-state index contributed by atoms with van der Waals surface area (Å²) in [6.45, 7) is 4.88. The third-order valence-electron chi connectivity index (χ3n) is 3.73. The Kier molecular flexibility index (Phi) is 5.46. The van der Waals surface area contributed by atoms with Crippen molar-refractivity contribution in [3.05, 3.63) is 36.5 Å². The van der Waals surface area contributed by atoms with Crippen LogP contribution in [0.5, 0.6) is 0 Å². The predicted molar refractivity (Wildman–Crippen MR) is 90.0 cm³/mol. The van der Waals surface area contributed by atoms with Gasteiger partial charge in [0.05, 0.1) is 11.1 Å². The zero-order valence-corrected chi connectivity index (χ0v) is 14.6. The fourth-order valence-corrected chi connectivity index (χ4v) is 4.68. The number of nitrogens with zero attached hydrogens (tertiary/aromatic N) is 2. The molecule has 1 aliphatic rings. The topological polar surface area (TPSA) is 75.4 Å². The van der Waals surface area contributed by atoms with Crippen molar-refractivity contribution in [1.29, 1.82) is 0 Å². The van der Waals surface area contributed by atoms with Crippen LogP contribution in [0.4, 0.5) is 0 Å². The average molecular weight is 358 g/mol. The van der Waals surface area contributed by atoms with Crippen molar-refractivity contribution in [1.82, 2.24) is 14.8 Å². The second-order valence-corrected chi connectivity index (χ2v) is 7.57. The maximum Gasteiger partial charge on any atom is 0.243 e. The summed E-state index contributed by atoms with van der Waals surface area (Å²) in [5.74, 6) is 0.454. The van der Waals surface area contributed by atoms with E-state index < -0.39 is 10.0 Å². The summed E-state index contributed by atoms with van der Waals surface area (Å²) in [6.07, 6.45) is 1.51. The minimum atomic E-state index is -3.58. The Hall–Kier alpha value is -1.41. The number of benzene rings is 1. The van der Waals surface area contributed by atoms with E-state index in [2.05, 4.69) is 10.5 Å². The molecule has 1 aliphatic heterocycles. The Morgan fingerprint density at radius 3 is 2.43 bits per heavy atom. The molecule has 8 heteroatoms. The zero-order chi connectivity index (χ0) is 15.7. The van der Waals surface area contributed by atoms with Crippen molar-refractivity contribution >= 4 is 22.4 Å². The van der Waals surface area contributed by atoms with Crippen LogP contribution in [0.1, 0.15) is 13.8 Å². The average Bonchev–Trinajstić information content (AvgIpc) is 3.00. The van der Waals surface area contributed by atoms with Crippen molar-refractivity contribution in [2.45, 2.75) is 30.8 Å². The van der Waals surface area contributed by atoms with Gasteiger partial charge in [0.2, 0.25) is 10.0 Å². The van der Waals surface area contributed by atoms with Crippen molar-refractivity contribution in [3.8, 4) is 11.3 Å². The van der Waals surface area contributed by atoms with Gasteiger partial charge < -0.3 is 9.84 Å². The summed E-state index contributed by atoms with van der Waals surface area (Å²) in [5.41, 5.74) is 0.541. The maximum atomic E-state index is 13.0. The van der Waals surface area contributed by atoms with Crippen LogP contribution in [-0.2, 0) is 10.0 Å². The zero-order valence-electron chi connectivity index (χ0n) is 13.0. The summed E-state index contributed by atoms with van der Waals surface area (Å²) >= 11 is 0. The molecule has 126 valence electrons. The standard InChI is InChI=1S/C15H19N3O3S.ClH/c1-11-9-18(10-12(2)17-11)22(19,20)15-6-4-3-5-13(15)14-7-8-16-21-14;/h3-8,11-12,17H,9-10H2,1-2H3;1H. The van der Waals surface area contributed by atoms with Crippen molar-refractivity contribution in [2.24, 2.45) is 0 Å². The lowest BCUT2D eigenvalue weighted by molar-refractivity contribution is 0.263. The van der Waals surface area contributed by atoms with Gasteiger partial charge in [-0.3, -0.25) is 0 Å². The number of aromatic nitrogens is 1. The molecule has 0 amide bonds. The number of rotatable bonds is 3. The molecule has 0 aliphatic carbocycles. The Morgan fingerprint density at radius 2 is 1.83 bits per heavy atom. The molecule has 0 spiro atoms. The van der Waals surface area contributed by atoms with E-state index in [9.17, 15) is 8.42 Å². The molecule has 1 aromatic heterocycles. The molecular formula is C15H20ClN3O3S. The SMILES string of the molecule is CC1CN(S(=O)(=O)c2ccccc2-c2ccno2)CC(C)N1.Cl. The number of piperazine rings is 1. The van der Waals surface area contributed by atoms with Crippen LogP contribution >= 0.6 is 12.4 Å². The molecule has 0 saturated carbocycles. The Bertz CT molecular complexity index is 739. The number of sulfonamides is 1. The highest BCUT2D eigenvalue weighted by Gasteiger charge is 2.33. The van der Waals surface area contributed by atoms with Gasteiger partial charge in [0, 0.05) is 36.8 Å². The van der Waals surface area contributed by atoms with E-state index >= 15 is 0 Å². The summed E-state index contributed by atoms with van der Waals surface area (Å²) in [4.78, 5) is 0.257. The van der Waals surface area contributed by atoms with Crippen LogP contribution in [0.3, 0.4) is 0 Å². The molecule has 0 bridgehead atoms. The smallest absolute Gasteiger partial charge is 0.243 e. The summed E-state index contributed by atoms with van der Waals surface area (Å²) in [7, 11) is -3.58. The molecule has 2 unspecified atom stereocenters. The minimum Gasteiger partial charge on any atom is -0.356 e. The second-order valence-electron chi connectivity index (χ2n) is 5.66. The molecule has 2 heterocycles. The lowest BCUT2D eigenvalue weighted by Crippen LogP contribution is -2.55. The number of nitrogens with one attached hydrogen (secondary N) is 1. The summed E-state index contributed by atoms with van der Waals surface area (Å²) in [5, 5.41) is 7.01. The number of halogens is 1. The number of hydrogen-bond donors (Lipinski definition) is 1. The fraction of sp³-hybridized carbons (Fsp3) is 0.400. The first kappa shape index (κ1) is 17.9. The van der Waals surface area contributed by atoms with Gasteiger partial charge in [0.15, 0.2) is 5.76 Å². The van der Waals surface area contributed by atoms with E-state index in [-0.39, 0.29) is 29.4 Å². The van der Waals surface area contributed by atoms with Crippen LogP contribution < -0.4 is 5.32 Å². The summed E-state index contributed by atoms with van der Waals surface area (Å²) in [6, 6.07) is 8.78. The number of hydrogen-bond acceptors (Lipinski definition) is 5. The molecule has 1 aromatic carbocycles. The van der Waals surface area contributed by atoms with E-state index in [1.165, 1.54) is 10.5 Å². The molecular weight excluding hydrogens is 338 g/mol. The van der Waals surface area contributed by atoms with Gasteiger partial charge in [-0.1, -0.05) is 17.3 Å². The van der Waals surface area contributed by atoms with Crippen molar-refractivity contribution < 1.29 is 12.9 Å². The van der Waals surface area contributed by atoms with Crippen LogP contribution in [0.15, 0.2) is 45.9 Å². The van der Waals surface area contributed by atoms with E-state index in [0.29, 0.717) is 24.4 Å². The van der Waals surface area contributed by atoms with Gasteiger partial charge in [0.1, 0.15) is 0 Å². The monoisotopic (exact) mass is 357 g/mol. The third kappa shape index (κ3) is 3.58. The molecule has 1 N–H and O–H groups in total. The van der Waals surface area contributed by atoms with Crippen molar-refractivity contribution in [3.63, 3.8) is 0 Å². The van der Waals surface area contributed by atoms with Gasteiger partial charge in [-0.2, -0.15) is 4.31 Å². The first-order valence-corrected chi connectivity index (χ1v) is 8.69. The van der Waals surface area contributed by atoms with E-state index in [1.807, 2.05) is 13.8 Å². The highest BCUT2D eigenvalue weighted by molar-refractivity contribution is 7.89. The van der Waals surface area contributed by atoms with E-state index in [1.54, 1.807) is 30.3 Å².